The molecule has 4 heteroatoms. The van der Waals surface area contributed by atoms with E-state index in [0.29, 0.717) is 12.3 Å². The summed E-state index contributed by atoms with van der Waals surface area (Å²) in [6.45, 7) is 4.21. The van der Waals surface area contributed by atoms with Crippen LogP contribution in [0, 0.1) is 0 Å². The van der Waals surface area contributed by atoms with Crippen molar-refractivity contribution in [1.82, 2.24) is 4.98 Å². The molecule has 0 fully saturated rings. The monoisotopic (exact) mass is 205 g/mol. The normalized spacial score (nSPS) is 12.9. The van der Waals surface area contributed by atoms with E-state index in [1.165, 1.54) is 0 Å². The highest BCUT2D eigenvalue weighted by atomic mass is 16.4. The van der Waals surface area contributed by atoms with Crippen LogP contribution in [0.5, 0.6) is 0 Å². The van der Waals surface area contributed by atoms with Crippen molar-refractivity contribution in [1.29, 1.82) is 0 Å². The summed E-state index contributed by atoms with van der Waals surface area (Å²) < 4.78 is 0. The van der Waals surface area contributed by atoms with E-state index < -0.39 is 0 Å². The first kappa shape index (κ1) is 11.4. The third kappa shape index (κ3) is 3.89. The summed E-state index contributed by atoms with van der Waals surface area (Å²) in [6.07, 6.45) is 2.57. The van der Waals surface area contributed by atoms with E-state index in [0.717, 1.165) is 17.8 Å². The van der Waals surface area contributed by atoms with Crippen molar-refractivity contribution in [2.24, 2.45) is 10.1 Å². The molecule has 0 bridgehead atoms. The third-order valence-electron chi connectivity index (χ3n) is 2.12. The average Bonchev–Trinajstić information content (AvgIpc) is 2.29. The van der Waals surface area contributed by atoms with Crippen LogP contribution in [-0.2, 0) is 6.42 Å². The van der Waals surface area contributed by atoms with Gasteiger partial charge in [0.15, 0.2) is 0 Å². The van der Waals surface area contributed by atoms with Gasteiger partial charge in [0.2, 0.25) is 0 Å². The number of pyridine rings is 1. The van der Waals surface area contributed by atoms with Crippen LogP contribution in [0.2, 0.25) is 0 Å². The van der Waals surface area contributed by atoms with Crippen LogP contribution in [0.15, 0.2) is 34.5 Å². The molecule has 1 heterocycles. The zero-order valence-electron chi connectivity index (χ0n) is 9.01. The summed E-state index contributed by atoms with van der Waals surface area (Å²) in [5.74, 6) is 0. The van der Waals surface area contributed by atoms with Crippen LogP contribution in [-0.4, -0.2) is 28.2 Å². The minimum atomic E-state index is 0.552. The molecular weight excluding hydrogens is 190 g/mol. The Balaban J connectivity index is 2.46. The van der Waals surface area contributed by atoms with Crippen molar-refractivity contribution in [3.8, 4) is 0 Å². The molecule has 1 rings (SSSR count). The Morgan fingerprint density at radius 1 is 1.33 bits per heavy atom. The quantitative estimate of drug-likeness (QED) is 0.464. The Kier molecular flexibility index (Phi) is 4.47. The van der Waals surface area contributed by atoms with E-state index in [2.05, 4.69) is 15.1 Å². The van der Waals surface area contributed by atoms with Crippen molar-refractivity contribution in [3.63, 3.8) is 0 Å². The Labute approximate surface area is 89.4 Å². The lowest BCUT2D eigenvalue weighted by Crippen LogP contribution is -2.07. The van der Waals surface area contributed by atoms with E-state index in [9.17, 15) is 0 Å². The molecule has 4 nitrogen and oxygen atoms in total. The standard InChI is InChI=1S/C11H15N3O/c1-9(10(2)14-15)12-8-6-11-5-3-4-7-13-11/h3-5,7,15H,6,8H2,1-2H3. The summed E-state index contributed by atoms with van der Waals surface area (Å²) >= 11 is 0. The molecule has 1 aromatic rings. The molecule has 0 amide bonds. The highest BCUT2D eigenvalue weighted by Crippen LogP contribution is 1.95. The summed E-state index contributed by atoms with van der Waals surface area (Å²) in [7, 11) is 0. The summed E-state index contributed by atoms with van der Waals surface area (Å²) in [4.78, 5) is 8.47. The van der Waals surface area contributed by atoms with Crippen molar-refractivity contribution >= 4 is 11.4 Å². The molecule has 0 unspecified atom stereocenters. The molecule has 15 heavy (non-hydrogen) atoms. The summed E-state index contributed by atoms with van der Waals surface area (Å²) in [5.41, 5.74) is 2.33. The Morgan fingerprint density at radius 2 is 2.13 bits per heavy atom. The van der Waals surface area contributed by atoms with Gasteiger partial charge in [0, 0.05) is 24.9 Å². The van der Waals surface area contributed by atoms with Gasteiger partial charge in [0.25, 0.3) is 0 Å². The molecule has 0 aliphatic heterocycles. The zero-order valence-corrected chi connectivity index (χ0v) is 9.01. The van der Waals surface area contributed by atoms with Crippen molar-refractivity contribution < 1.29 is 5.21 Å². The molecule has 0 atom stereocenters. The van der Waals surface area contributed by atoms with Gasteiger partial charge in [-0.25, -0.2) is 0 Å². The fraction of sp³-hybridized carbons (Fsp3) is 0.364. The van der Waals surface area contributed by atoms with Crippen LogP contribution >= 0.6 is 0 Å². The summed E-state index contributed by atoms with van der Waals surface area (Å²) in [5, 5.41) is 11.6. The molecule has 1 aromatic heterocycles. The van der Waals surface area contributed by atoms with E-state index in [1.54, 1.807) is 13.1 Å². The number of hydrogen-bond acceptors (Lipinski definition) is 4. The van der Waals surface area contributed by atoms with Gasteiger partial charge < -0.3 is 5.21 Å². The first-order chi connectivity index (χ1) is 7.24. The highest BCUT2D eigenvalue weighted by molar-refractivity contribution is 6.40. The van der Waals surface area contributed by atoms with Gasteiger partial charge in [-0.3, -0.25) is 9.98 Å². The fourth-order valence-electron chi connectivity index (χ4n) is 1.07. The van der Waals surface area contributed by atoms with E-state index >= 15 is 0 Å². The fourth-order valence-corrected chi connectivity index (χ4v) is 1.07. The van der Waals surface area contributed by atoms with Crippen LogP contribution in [0.1, 0.15) is 19.5 Å². The van der Waals surface area contributed by atoms with Crippen LogP contribution in [0.25, 0.3) is 0 Å². The molecule has 0 aliphatic carbocycles. The van der Waals surface area contributed by atoms with Gasteiger partial charge in [0.05, 0.1) is 11.4 Å². The number of aromatic nitrogens is 1. The minimum Gasteiger partial charge on any atom is -0.411 e. The first-order valence-corrected chi connectivity index (χ1v) is 4.84. The molecule has 0 saturated carbocycles. The maximum atomic E-state index is 8.52. The van der Waals surface area contributed by atoms with Gasteiger partial charge in [-0.05, 0) is 26.0 Å². The van der Waals surface area contributed by atoms with Crippen LogP contribution in [0.4, 0.5) is 0 Å². The Hall–Kier alpha value is -1.71. The lowest BCUT2D eigenvalue weighted by Gasteiger charge is -1.98. The second-order valence-corrected chi connectivity index (χ2v) is 3.22. The topological polar surface area (TPSA) is 57.8 Å². The lowest BCUT2D eigenvalue weighted by atomic mass is 10.2. The number of hydrogen-bond donors (Lipinski definition) is 1. The van der Waals surface area contributed by atoms with Crippen LogP contribution < -0.4 is 0 Å². The van der Waals surface area contributed by atoms with Gasteiger partial charge >= 0.3 is 0 Å². The van der Waals surface area contributed by atoms with Crippen molar-refractivity contribution in [2.75, 3.05) is 6.54 Å². The van der Waals surface area contributed by atoms with E-state index in [1.807, 2.05) is 25.1 Å². The largest absolute Gasteiger partial charge is 0.411 e. The second kappa shape index (κ2) is 5.90. The SMILES string of the molecule is CC(=NO)C(C)=NCCc1ccccn1. The molecular formula is C11H15N3O. The van der Waals surface area contributed by atoms with Gasteiger partial charge in [0.1, 0.15) is 0 Å². The lowest BCUT2D eigenvalue weighted by molar-refractivity contribution is 0.320. The molecule has 0 radical (unpaired) electrons. The molecule has 0 spiro atoms. The number of aliphatic imine (C=N–C) groups is 1. The smallest absolute Gasteiger partial charge is 0.0971 e. The number of oxime groups is 1. The van der Waals surface area contributed by atoms with Gasteiger partial charge in [-0.2, -0.15) is 0 Å². The summed E-state index contributed by atoms with van der Waals surface area (Å²) in [6, 6.07) is 5.82. The maximum Gasteiger partial charge on any atom is 0.0971 e. The minimum absolute atomic E-state index is 0.552. The highest BCUT2D eigenvalue weighted by Gasteiger charge is 1.96. The van der Waals surface area contributed by atoms with Crippen molar-refractivity contribution in [2.45, 2.75) is 20.3 Å². The second-order valence-electron chi connectivity index (χ2n) is 3.22. The van der Waals surface area contributed by atoms with Crippen LogP contribution in [0.3, 0.4) is 0 Å². The molecule has 0 saturated heterocycles. The molecule has 0 aromatic carbocycles. The molecule has 0 aliphatic rings. The molecule has 1 N–H and O–H groups in total. The molecule has 80 valence electrons. The third-order valence-corrected chi connectivity index (χ3v) is 2.12. The Bertz CT molecular complexity index is 357. The predicted molar refractivity (Wildman–Crippen MR) is 60.8 cm³/mol. The number of rotatable bonds is 4. The zero-order chi connectivity index (χ0) is 11.1. The van der Waals surface area contributed by atoms with E-state index in [-0.39, 0.29) is 0 Å². The van der Waals surface area contributed by atoms with Gasteiger partial charge in [-0.1, -0.05) is 11.2 Å². The van der Waals surface area contributed by atoms with E-state index in [4.69, 9.17) is 5.21 Å². The number of nitrogens with zero attached hydrogens (tertiary/aromatic N) is 3. The Morgan fingerprint density at radius 3 is 2.73 bits per heavy atom. The van der Waals surface area contributed by atoms with Gasteiger partial charge in [-0.15, -0.1) is 0 Å². The van der Waals surface area contributed by atoms with Crippen molar-refractivity contribution in [3.05, 3.63) is 30.1 Å². The predicted octanol–water partition coefficient (Wildman–Crippen LogP) is 1.94. The first-order valence-electron chi connectivity index (χ1n) is 4.84. The average molecular weight is 205 g/mol. The maximum absolute atomic E-state index is 8.52.